The Hall–Kier alpha value is -1.88. The van der Waals surface area contributed by atoms with Gasteiger partial charge >= 0.3 is 0 Å². The molecule has 0 radical (unpaired) electrons. The first-order valence-electron chi connectivity index (χ1n) is 6.07. The predicted octanol–water partition coefficient (Wildman–Crippen LogP) is 3.75. The van der Waals surface area contributed by atoms with Crippen LogP contribution in [0.5, 0.6) is 0 Å². The molecule has 106 valence electrons. The summed E-state index contributed by atoms with van der Waals surface area (Å²) in [4.78, 5) is 0. The zero-order valence-corrected chi connectivity index (χ0v) is 10.8. The van der Waals surface area contributed by atoms with E-state index in [4.69, 9.17) is 0 Å². The van der Waals surface area contributed by atoms with Gasteiger partial charge in [0.2, 0.25) is 0 Å². The van der Waals surface area contributed by atoms with Crippen LogP contribution < -0.4 is 5.32 Å². The summed E-state index contributed by atoms with van der Waals surface area (Å²) in [6, 6.07) is 6.37. The lowest BCUT2D eigenvalue weighted by molar-refractivity contribution is 0.500. The van der Waals surface area contributed by atoms with Gasteiger partial charge in [-0.2, -0.15) is 0 Å². The topological polar surface area (TPSA) is 12.0 Å². The molecule has 0 heterocycles. The summed E-state index contributed by atoms with van der Waals surface area (Å²) in [7, 11) is 1.62. The van der Waals surface area contributed by atoms with Crippen molar-refractivity contribution < 1.29 is 17.6 Å². The second kappa shape index (κ2) is 6.05. The molecular formula is C15H13F4N. The Balaban J connectivity index is 2.26. The largest absolute Gasteiger partial charge is 0.313 e. The molecule has 0 aliphatic carbocycles. The fourth-order valence-electron chi connectivity index (χ4n) is 2.05. The smallest absolute Gasteiger partial charge is 0.159 e. The van der Waals surface area contributed by atoms with Gasteiger partial charge in [0, 0.05) is 17.7 Å². The van der Waals surface area contributed by atoms with E-state index in [2.05, 4.69) is 5.32 Å². The SMILES string of the molecule is CNC(Cc1ccc(F)c(F)c1)c1ccc(F)cc1F. The van der Waals surface area contributed by atoms with E-state index in [0.717, 1.165) is 24.3 Å². The number of benzene rings is 2. The summed E-state index contributed by atoms with van der Waals surface area (Å²) < 4.78 is 52.6. The summed E-state index contributed by atoms with van der Waals surface area (Å²) in [5.74, 6) is -3.21. The molecule has 0 spiro atoms. The Morgan fingerprint density at radius 3 is 2.25 bits per heavy atom. The Morgan fingerprint density at radius 2 is 1.65 bits per heavy atom. The molecule has 0 fully saturated rings. The average molecular weight is 283 g/mol. The maximum absolute atomic E-state index is 13.7. The number of halogens is 4. The molecule has 0 aromatic heterocycles. The van der Waals surface area contributed by atoms with Crippen LogP contribution in [-0.4, -0.2) is 7.05 Å². The highest BCUT2D eigenvalue weighted by atomic mass is 19.2. The Labute approximate surface area is 114 Å². The Kier molecular flexibility index (Phi) is 4.39. The van der Waals surface area contributed by atoms with E-state index in [1.165, 1.54) is 12.1 Å². The number of nitrogens with one attached hydrogen (secondary N) is 1. The Bertz CT molecular complexity index is 613. The van der Waals surface area contributed by atoms with E-state index in [9.17, 15) is 17.6 Å². The highest BCUT2D eigenvalue weighted by Crippen LogP contribution is 2.22. The molecule has 2 rings (SSSR count). The minimum absolute atomic E-state index is 0.260. The van der Waals surface area contributed by atoms with Crippen LogP contribution in [0.3, 0.4) is 0 Å². The van der Waals surface area contributed by atoms with Gasteiger partial charge in [-0.3, -0.25) is 0 Å². The molecular weight excluding hydrogens is 270 g/mol. The lowest BCUT2D eigenvalue weighted by Crippen LogP contribution is -2.20. The second-order valence-corrected chi connectivity index (χ2v) is 4.46. The van der Waals surface area contributed by atoms with Crippen LogP contribution in [0.25, 0.3) is 0 Å². The first-order valence-corrected chi connectivity index (χ1v) is 6.07. The normalized spacial score (nSPS) is 12.4. The molecule has 0 aliphatic rings. The first kappa shape index (κ1) is 14.5. The van der Waals surface area contributed by atoms with Crippen LogP contribution in [0.15, 0.2) is 36.4 Å². The van der Waals surface area contributed by atoms with Gasteiger partial charge in [-0.05, 0) is 37.2 Å². The van der Waals surface area contributed by atoms with Gasteiger partial charge < -0.3 is 5.32 Å². The van der Waals surface area contributed by atoms with Gasteiger partial charge in [0.25, 0.3) is 0 Å². The van der Waals surface area contributed by atoms with E-state index in [1.807, 2.05) is 0 Å². The summed E-state index contributed by atoms with van der Waals surface area (Å²) in [6.45, 7) is 0. The number of hydrogen-bond donors (Lipinski definition) is 1. The molecule has 0 saturated carbocycles. The summed E-state index contributed by atoms with van der Waals surface area (Å²) in [6.07, 6.45) is 0.260. The van der Waals surface area contributed by atoms with Crippen molar-refractivity contribution in [1.82, 2.24) is 5.32 Å². The fraction of sp³-hybridized carbons (Fsp3) is 0.200. The van der Waals surface area contributed by atoms with Crippen LogP contribution in [0, 0.1) is 23.3 Å². The fourth-order valence-corrected chi connectivity index (χ4v) is 2.05. The van der Waals surface area contributed by atoms with Crippen molar-refractivity contribution in [3.8, 4) is 0 Å². The average Bonchev–Trinajstić information content (AvgIpc) is 2.41. The molecule has 1 atom stereocenters. The number of hydrogen-bond acceptors (Lipinski definition) is 1. The molecule has 0 bridgehead atoms. The van der Waals surface area contributed by atoms with Gasteiger partial charge in [-0.15, -0.1) is 0 Å². The quantitative estimate of drug-likeness (QED) is 0.843. The van der Waals surface area contributed by atoms with Gasteiger partial charge in [0.15, 0.2) is 11.6 Å². The van der Waals surface area contributed by atoms with Gasteiger partial charge in [0.1, 0.15) is 11.6 Å². The van der Waals surface area contributed by atoms with E-state index in [0.29, 0.717) is 5.56 Å². The van der Waals surface area contributed by atoms with Crippen LogP contribution in [-0.2, 0) is 6.42 Å². The van der Waals surface area contributed by atoms with Crippen LogP contribution >= 0.6 is 0 Å². The van der Waals surface area contributed by atoms with Crippen molar-refractivity contribution in [2.24, 2.45) is 0 Å². The van der Waals surface area contributed by atoms with Crippen molar-refractivity contribution in [1.29, 1.82) is 0 Å². The first-order chi connectivity index (χ1) is 9.51. The Morgan fingerprint density at radius 1 is 0.900 bits per heavy atom. The third-order valence-electron chi connectivity index (χ3n) is 3.11. The second-order valence-electron chi connectivity index (χ2n) is 4.46. The van der Waals surface area contributed by atoms with Gasteiger partial charge in [-0.25, -0.2) is 17.6 Å². The molecule has 2 aromatic rings. The maximum atomic E-state index is 13.7. The van der Waals surface area contributed by atoms with Crippen LogP contribution in [0.1, 0.15) is 17.2 Å². The lowest BCUT2D eigenvalue weighted by Gasteiger charge is -2.17. The van der Waals surface area contributed by atoms with Crippen LogP contribution in [0.4, 0.5) is 17.6 Å². The molecule has 2 aromatic carbocycles. The third-order valence-corrected chi connectivity index (χ3v) is 3.11. The molecule has 0 aliphatic heterocycles. The minimum Gasteiger partial charge on any atom is -0.313 e. The summed E-state index contributed by atoms with van der Waals surface area (Å²) >= 11 is 0. The molecule has 5 heteroatoms. The molecule has 1 nitrogen and oxygen atoms in total. The third kappa shape index (κ3) is 3.17. The van der Waals surface area contributed by atoms with Crippen molar-refractivity contribution in [2.45, 2.75) is 12.5 Å². The van der Waals surface area contributed by atoms with Crippen molar-refractivity contribution in [3.05, 3.63) is 70.8 Å². The van der Waals surface area contributed by atoms with Crippen LogP contribution in [0.2, 0.25) is 0 Å². The van der Waals surface area contributed by atoms with E-state index >= 15 is 0 Å². The van der Waals surface area contributed by atoms with E-state index in [-0.39, 0.29) is 12.0 Å². The van der Waals surface area contributed by atoms with E-state index < -0.39 is 29.3 Å². The highest BCUT2D eigenvalue weighted by molar-refractivity contribution is 5.26. The highest BCUT2D eigenvalue weighted by Gasteiger charge is 2.16. The zero-order valence-electron chi connectivity index (χ0n) is 10.8. The summed E-state index contributed by atoms with van der Waals surface area (Å²) in [5, 5.41) is 2.88. The molecule has 0 saturated heterocycles. The van der Waals surface area contributed by atoms with Crippen molar-refractivity contribution in [2.75, 3.05) is 7.05 Å². The van der Waals surface area contributed by atoms with Gasteiger partial charge in [-0.1, -0.05) is 12.1 Å². The summed E-state index contributed by atoms with van der Waals surface area (Å²) in [5.41, 5.74) is 0.797. The standard InChI is InChI=1S/C15H13F4N/c1-20-15(11-4-3-10(16)8-13(11)18)7-9-2-5-12(17)14(19)6-9/h2-6,8,15,20H,7H2,1H3. The monoisotopic (exact) mass is 283 g/mol. The zero-order chi connectivity index (χ0) is 14.7. The maximum Gasteiger partial charge on any atom is 0.159 e. The molecule has 20 heavy (non-hydrogen) atoms. The van der Waals surface area contributed by atoms with Crippen molar-refractivity contribution >= 4 is 0 Å². The molecule has 0 amide bonds. The molecule has 1 unspecified atom stereocenters. The van der Waals surface area contributed by atoms with E-state index in [1.54, 1.807) is 7.05 Å². The molecule has 1 N–H and O–H groups in total. The number of likely N-dealkylation sites (N-methyl/N-ethyl adjacent to an activating group) is 1. The van der Waals surface area contributed by atoms with Gasteiger partial charge in [0.05, 0.1) is 0 Å². The predicted molar refractivity (Wildman–Crippen MR) is 68.2 cm³/mol. The number of rotatable bonds is 4. The lowest BCUT2D eigenvalue weighted by atomic mass is 9.98. The van der Waals surface area contributed by atoms with Crippen molar-refractivity contribution in [3.63, 3.8) is 0 Å². The minimum atomic E-state index is -0.947.